The van der Waals surface area contributed by atoms with Gasteiger partial charge in [0.05, 0.1) is 31.7 Å². The molecular weight excluding hydrogens is 512 g/mol. The summed E-state index contributed by atoms with van der Waals surface area (Å²) in [5, 5.41) is 11.2. The average Bonchev–Trinajstić information content (AvgIpc) is 3.65. The van der Waals surface area contributed by atoms with Crippen molar-refractivity contribution in [2.75, 3.05) is 34.4 Å². The third-order valence-corrected chi connectivity index (χ3v) is 7.32. The molecule has 1 unspecified atom stereocenters. The Morgan fingerprint density at radius 2 is 1.82 bits per heavy atom. The average molecular weight is 545 g/mol. The van der Waals surface area contributed by atoms with Gasteiger partial charge in [-0.15, -0.1) is 0 Å². The topological polar surface area (TPSA) is 103 Å². The molecular formula is C30H32N4O6. The maximum absolute atomic E-state index is 13.1. The van der Waals surface area contributed by atoms with Crippen molar-refractivity contribution in [2.45, 2.75) is 25.6 Å². The molecule has 0 bridgehead atoms. The van der Waals surface area contributed by atoms with Gasteiger partial charge in [-0.1, -0.05) is 18.2 Å². The smallest absolute Gasteiger partial charge is 0.289 e. The van der Waals surface area contributed by atoms with Crippen LogP contribution in [-0.2, 0) is 19.5 Å². The molecule has 0 spiro atoms. The lowest BCUT2D eigenvalue weighted by atomic mass is 9.99. The predicted octanol–water partition coefficient (Wildman–Crippen LogP) is 4.93. The zero-order chi connectivity index (χ0) is 28.2. The molecule has 0 saturated heterocycles. The van der Waals surface area contributed by atoms with E-state index in [1.165, 1.54) is 12.1 Å². The van der Waals surface area contributed by atoms with Gasteiger partial charge in [0.1, 0.15) is 5.76 Å². The number of nitrogens with zero attached hydrogens (tertiary/aromatic N) is 4. The molecule has 5 rings (SSSR count). The number of ether oxygens (including phenoxy) is 2. The number of hydrogen-bond donors (Lipinski definition) is 0. The molecule has 2 aromatic carbocycles. The molecule has 10 heteroatoms. The van der Waals surface area contributed by atoms with Gasteiger partial charge in [-0.05, 0) is 53.9 Å². The van der Waals surface area contributed by atoms with Crippen LogP contribution >= 0.6 is 0 Å². The van der Waals surface area contributed by atoms with Crippen LogP contribution in [0, 0.1) is 10.1 Å². The number of hydrogen-bond acceptors (Lipinski definition) is 7. The summed E-state index contributed by atoms with van der Waals surface area (Å²) in [7, 11) is 4.96. The fourth-order valence-corrected chi connectivity index (χ4v) is 5.16. The zero-order valence-electron chi connectivity index (χ0n) is 22.8. The molecule has 0 N–H and O–H groups in total. The normalized spacial score (nSPS) is 14.9. The first-order valence-electron chi connectivity index (χ1n) is 13.1. The molecule has 4 aromatic rings. The fraction of sp³-hybridized carbons (Fsp3) is 0.300. The number of furan rings is 1. The molecule has 1 atom stereocenters. The van der Waals surface area contributed by atoms with Crippen LogP contribution in [0.5, 0.6) is 11.5 Å². The quantitative estimate of drug-likeness (QED) is 0.206. The predicted molar refractivity (Wildman–Crippen MR) is 149 cm³/mol. The molecule has 40 heavy (non-hydrogen) atoms. The highest BCUT2D eigenvalue weighted by Crippen LogP contribution is 2.34. The van der Waals surface area contributed by atoms with E-state index in [9.17, 15) is 14.9 Å². The summed E-state index contributed by atoms with van der Waals surface area (Å²) in [4.78, 5) is 27.8. The van der Waals surface area contributed by atoms with Gasteiger partial charge in [-0.2, -0.15) is 0 Å². The SMILES string of the molecule is COc1ccc(CCN(C)C(=O)c2ccc(CN3CCn4cccc4C3c3ccc([N+](=O)[O-])cc3)o2)cc1OC. The molecule has 208 valence electrons. The Hall–Kier alpha value is -4.57. The second-order valence-electron chi connectivity index (χ2n) is 9.78. The minimum Gasteiger partial charge on any atom is -0.493 e. The number of non-ortho nitro benzene ring substituents is 1. The van der Waals surface area contributed by atoms with Gasteiger partial charge in [-0.3, -0.25) is 19.8 Å². The number of aromatic nitrogens is 1. The van der Waals surface area contributed by atoms with Crippen molar-refractivity contribution in [3.8, 4) is 11.5 Å². The minimum absolute atomic E-state index is 0.0610. The van der Waals surface area contributed by atoms with Gasteiger partial charge < -0.3 is 23.4 Å². The van der Waals surface area contributed by atoms with Gasteiger partial charge in [0.2, 0.25) is 0 Å². The Balaban J connectivity index is 1.27. The van der Waals surface area contributed by atoms with Crippen molar-refractivity contribution in [1.82, 2.24) is 14.4 Å². The summed E-state index contributed by atoms with van der Waals surface area (Å²) in [5.41, 5.74) is 3.16. The molecule has 10 nitrogen and oxygen atoms in total. The zero-order valence-corrected chi connectivity index (χ0v) is 22.8. The lowest BCUT2D eigenvalue weighted by Crippen LogP contribution is -2.37. The number of rotatable bonds is 10. The maximum atomic E-state index is 13.1. The second kappa shape index (κ2) is 11.7. The van der Waals surface area contributed by atoms with E-state index in [2.05, 4.69) is 15.5 Å². The molecule has 0 radical (unpaired) electrons. The Bertz CT molecular complexity index is 1490. The van der Waals surface area contributed by atoms with Gasteiger partial charge in [-0.25, -0.2) is 0 Å². The van der Waals surface area contributed by atoms with Crippen molar-refractivity contribution in [3.63, 3.8) is 0 Å². The van der Waals surface area contributed by atoms with Crippen molar-refractivity contribution in [2.24, 2.45) is 0 Å². The lowest BCUT2D eigenvalue weighted by Gasteiger charge is -2.36. The number of likely N-dealkylation sites (N-methyl/N-ethyl adjacent to an activating group) is 1. The van der Waals surface area contributed by atoms with Crippen LogP contribution in [0.2, 0.25) is 0 Å². The number of carbonyl (C=O) groups excluding carboxylic acids is 1. The van der Waals surface area contributed by atoms with Crippen LogP contribution in [-0.4, -0.2) is 59.6 Å². The summed E-state index contributed by atoms with van der Waals surface area (Å²) < 4.78 is 18.9. The number of methoxy groups -OCH3 is 2. The summed E-state index contributed by atoms with van der Waals surface area (Å²) >= 11 is 0. The number of carbonyl (C=O) groups is 1. The second-order valence-corrected chi connectivity index (χ2v) is 9.78. The van der Waals surface area contributed by atoms with Gasteiger partial charge >= 0.3 is 0 Å². The van der Waals surface area contributed by atoms with E-state index < -0.39 is 4.92 Å². The lowest BCUT2D eigenvalue weighted by molar-refractivity contribution is -0.384. The highest BCUT2D eigenvalue weighted by Gasteiger charge is 2.30. The van der Waals surface area contributed by atoms with Gasteiger partial charge in [0, 0.05) is 50.7 Å². The molecule has 0 aliphatic carbocycles. The molecule has 1 aliphatic rings. The van der Waals surface area contributed by atoms with E-state index in [0.29, 0.717) is 36.8 Å². The van der Waals surface area contributed by atoms with Crippen LogP contribution in [0.25, 0.3) is 0 Å². The number of amides is 1. The maximum Gasteiger partial charge on any atom is 0.289 e. The van der Waals surface area contributed by atoms with E-state index in [4.69, 9.17) is 13.9 Å². The van der Waals surface area contributed by atoms with Crippen LogP contribution < -0.4 is 9.47 Å². The number of benzene rings is 2. The van der Waals surface area contributed by atoms with E-state index in [-0.39, 0.29) is 23.4 Å². The number of nitro benzene ring substituents is 1. The van der Waals surface area contributed by atoms with Crippen molar-refractivity contribution in [1.29, 1.82) is 0 Å². The Morgan fingerprint density at radius 1 is 1.05 bits per heavy atom. The van der Waals surface area contributed by atoms with Crippen LogP contribution in [0.4, 0.5) is 5.69 Å². The number of fused-ring (bicyclic) bond motifs is 1. The van der Waals surface area contributed by atoms with E-state index in [1.807, 2.05) is 48.7 Å². The minimum atomic E-state index is -0.391. The van der Waals surface area contributed by atoms with E-state index >= 15 is 0 Å². The molecule has 1 aliphatic heterocycles. The monoisotopic (exact) mass is 544 g/mol. The summed E-state index contributed by atoms with van der Waals surface area (Å²) in [6.45, 7) is 2.58. The molecule has 0 saturated carbocycles. The van der Waals surface area contributed by atoms with Crippen molar-refractivity contribution >= 4 is 11.6 Å². The Kier molecular flexibility index (Phi) is 7.88. The van der Waals surface area contributed by atoms with Crippen LogP contribution in [0.15, 0.2) is 77.3 Å². The summed E-state index contributed by atoms with van der Waals surface area (Å²) in [5.74, 6) is 2.10. The fourth-order valence-electron chi connectivity index (χ4n) is 5.16. The number of nitro groups is 1. The summed E-state index contributed by atoms with van der Waals surface area (Å²) in [6.07, 6.45) is 2.70. The third kappa shape index (κ3) is 5.57. The third-order valence-electron chi connectivity index (χ3n) is 7.32. The highest BCUT2D eigenvalue weighted by molar-refractivity contribution is 5.91. The van der Waals surface area contributed by atoms with Crippen LogP contribution in [0.1, 0.15) is 39.2 Å². The Labute approximate surface area is 232 Å². The van der Waals surface area contributed by atoms with E-state index in [0.717, 1.165) is 29.9 Å². The van der Waals surface area contributed by atoms with Crippen LogP contribution in [0.3, 0.4) is 0 Å². The first-order chi connectivity index (χ1) is 19.4. The molecule has 0 fully saturated rings. The standard InChI is InChI=1S/C30H32N4O6/c1-31(16-14-21-6-12-26(38-2)28(19-21)39-3)30(35)27-13-11-24(40-27)20-33-18-17-32-15-4-5-25(32)29(33)22-7-9-23(10-8-22)34(36)37/h4-13,15,19,29H,14,16-18,20H2,1-3H3. The van der Waals surface area contributed by atoms with Crippen molar-refractivity contribution in [3.05, 3.63) is 111 Å². The Morgan fingerprint density at radius 3 is 2.55 bits per heavy atom. The van der Waals surface area contributed by atoms with Crippen molar-refractivity contribution < 1.29 is 23.6 Å². The molecule has 1 amide bonds. The van der Waals surface area contributed by atoms with Gasteiger partial charge in [0.25, 0.3) is 11.6 Å². The highest BCUT2D eigenvalue weighted by atomic mass is 16.6. The largest absolute Gasteiger partial charge is 0.493 e. The van der Waals surface area contributed by atoms with Gasteiger partial charge in [0.15, 0.2) is 17.3 Å². The first-order valence-corrected chi connectivity index (χ1v) is 13.1. The van der Waals surface area contributed by atoms with E-state index in [1.54, 1.807) is 32.2 Å². The summed E-state index contributed by atoms with van der Waals surface area (Å²) in [6, 6.07) is 20.0. The molecule has 3 heterocycles. The first kappa shape index (κ1) is 27.0. The molecule has 2 aromatic heterocycles.